The topological polar surface area (TPSA) is 74.5 Å². The highest BCUT2D eigenvalue weighted by atomic mass is 32.1. The van der Waals surface area contributed by atoms with Crippen LogP contribution in [0.25, 0.3) is 0 Å². The largest absolute Gasteiger partial charge is 0.488 e. The first-order valence-corrected chi connectivity index (χ1v) is 9.70. The summed E-state index contributed by atoms with van der Waals surface area (Å²) in [6.07, 6.45) is 1.99. The third-order valence-corrected chi connectivity index (χ3v) is 5.03. The number of carbonyl (C=O) groups is 1. The lowest BCUT2D eigenvalue weighted by Crippen LogP contribution is -2.09. The number of esters is 1. The van der Waals surface area contributed by atoms with Crippen LogP contribution in [0.5, 0.6) is 5.75 Å². The molecule has 0 unspecified atom stereocenters. The second-order valence-electron chi connectivity index (χ2n) is 6.15. The molecule has 0 radical (unpaired) electrons. The number of hydrogen-bond donors (Lipinski definition) is 0. The molecule has 0 aliphatic rings. The summed E-state index contributed by atoms with van der Waals surface area (Å²) in [6.45, 7) is 6.23. The summed E-state index contributed by atoms with van der Waals surface area (Å²) >= 11 is 1.59. The van der Waals surface area contributed by atoms with E-state index in [0.717, 1.165) is 34.8 Å². The molecule has 0 saturated heterocycles. The monoisotopic (exact) mass is 386 g/mol. The number of aryl methyl sites for hydroxylation is 3. The Morgan fingerprint density at radius 2 is 2.04 bits per heavy atom. The van der Waals surface area contributed by atoms with Gasteiger partial charge in [-0.2, -0.15) is 0 Å². The average molecular weight is 386 g/mol. The minimum absolute atomic E-state index is 0.150. The normalized spacial score (nSPS) is 10.8. The number of nitrogens with zero attached hydrogens (tertiary/aromatic N) is 2. The maximum Gasteiger partial charge on any atom is 0.342 e. The number of para-hydroxylation sites is 1. The highest BCUT2D eigenvalue weighted by molar-refractivity contribution is 7.09. The molecule has 0 atom stereocenters. The third kappa shape index (κ3) is 4.74. The van der Waals surface area contributed by atoms with E-state index in [1.165, 1.54) is 0 Å². The van der Waals surface area contributed by atoms with Gasteiger partial charge in [0.05, 0.1) is 22.0 Å². The molecule has 0 amide bonds. The number of benzene rings is 1. The van der Waals surface area contributed by atoms with Crippen molar-refractivity contribution >= 4 is 17.3 Å². The average Bonchev–Trinajstić information content (AvgIpc) is 3.25. The SMILES string of the molecule is CCCc1nc(COC(=O)c2ccccc2OCc2c(C)noc2C)cs1. The molecule has 0 N–H and O–H groups in total. The fraction of sp³-hybridized carbons (Fsp3) is 0.350. The second-order valence-corrected chi connectivity index (χ2v) is 7.09. The zero-order valence-electron chi connectivity index (χ0n) is 15.7. The lowest BCUT2D eigenvalue weighted by Gasteiger charge is -2.10. The van der Waals surface area contributed by atoms with E-state index < -0.39 is 5.97 Å². The molecule has 0 fully saturated rings. The number of thiazole rings is 1. The summed E-state index contributed by atoms with van der Waals surface area (Å²) < 4.78 is 16.4. The van der Waals surface area contributed by atoms with Crippen molar-refractivity contribution in [3.05, 3.63) is 62.9 Å². The first-order chi connectivity index (χ1) is 13.1. The number of hydrogen-bond acceptors (Lipinski definition) is 7. The van der Waals surface area contributed by atoms with Crippen LogP contribution in [0.3, 0.4) is 0 Å². The smallest absolute Gasteiger partial charge is 0.342 e. The van der Waals surface area contributed by atoms with Crippen LogP contribution in [0.1, 0.15) is 51.4 Å². The predicted molar refractivity (Wildman–Crippen MR) is 102 cm³/mol. The zero-order valence-corrected chi connectivity index (χ0v) is 16.5. The molecule has 2 heterocycles. The first-order valence-electron chi connectivity index (χ1n) is 8.82. The molecule has 1 aromatic carbocycles. The Balaban J connectivity index is 1.64. The highest BCUT2D eigenvalue weighted by Gasteiger charge is 2.16. The van der Waals surface area contributed by atoms with Crippen molar-refractivity contribution in [1.82, 2.24) is 10.1 Å². The van der Waals surface area contributed by atoms with Crippen LogP contribution in [0.2, 0.25) is 0 Å². The molecular weight excluding hydrogens is 364 g/mol. The molecule has 7 heteroatoms. The Bertz CT molecular complexity index is 897. The van der Waals surface area contributed by atoms with Gasteiger partial charge in [-0.1, -0.05) is 24.2 Å². The molecule has 0 aliphatic heterocycles. The highest BCUT2D eigenvalue weighted by Crippen LogP contribution is 2.23. The van der Waals surface area contributed by atoms with Crippen LogP contribution < -0.4 is 4.74 Å². The van der Waals surface area contributed by atoms with Crippen molar-refractivity contribution in [3.63, 3.8) is 0 Å². The number of ether oxygens (including phenoxy) is 2. The Hall–Kier alpha value is -2.67. The molecule has 0 spiro atoms. The van der Waals surface area contributed by atoms with Gasteiger partial charge >= 0.3 is 5.97 Å². The molecule has 27 heavy (non-hydrogen) atoms. The second kappa shape index (κ2) is 8.81. The maximum atomic E-state index is 12.5. The molecule has 0 saturated carbocycles. The fourth-order valence-corrected chi connectivity index (χ4v) is 3.46. The van der Waals surface area contributed by atoms with E-state index in [4.69, 9.17) is 14.0 Å². The Kier molecular flexibility index (Phi) is 6.24. The molecule has 2 aromatic heterocycles. The summed E-state index contributed by atoms with van der Waals surface area (Å²) in [7, 11) is 0. The van der Waals surface area contributed by atoms with Gasteiger partial charge in [0.1, 0.15) is 30.3 Å². The van der Waals surface area contributed by atoms with E-state index in [-0.39, 0.29) is 13.2 Å². The minimum Gasteiger partial charge on any atom is -0.488 e. The predicted octanol–water partition coefficient (Wildman–Crippen LogP) is 4.64. The van der Waals surface area contributed by atoms with Gasteiger partial charge in [-0.25, -0.2) is 9.78 Å². The number of carbonyl (C=O) groups excluding carboxylic acids is 1. The number of aromatic nitrogens is 2. The van der Waals surface area contributed by atoms with E-state index in [1.807, 2.05) is 25.3 Å². The van der Waals surface area contributed by atoms with Crippen LogP contribution >= 0.6 is 11.3 Å². The summed E-state index contributed by atoms with van der Waals surface area (Å²) in [5.41, 5.74) is 2.81. The Morgan fingerprint density at radius 1 is 1.22 bits per heavy atom. The lowest BCUT2D eigenvalue weighted by molar-refractivity contribution is 0.0463. The van der Waals surface area contributed by atoms with Gasteiger partial charge in [0, 0.05) is 5.38 Å². The van der Waals surface area contributed by atoms with Crippen LogP contribution in [-0.4, -0.2) is 16.1 Å². The summed E-state index contributed by atoms with van der Waals surface area (Å²) in [5.74, 6) is 0.737. The Morgan fingerprint density at radius 3 is 2.78 bits per heavy atom. The summed E-state index contributed by atoms with van der Waals surface area (Å²) in [5, 5.41) is 6.90. The van der Waals surface area contributed by atoms with Crippen LogP contribution in [0.4, 0.5) is 0 Å². The van der Waals surface area contributed by atoms with Crippen molar-refractivity contribution in [2.24, 2.45) is 0 Å². The minimum atomic E-state index is -0.436. The van der Waals surface area contributed by atoms with Crippen molar-refractivity contribution in [3.8, 4) is 5.75 Å². The van der Waals surface area contributed by atoms with Gasteiger partial charge in [0.25, 0.3) is 0 Å². The van der Waals surface area contributed by atoms with Crippen LogP contribution in [0, 0.1) is 13.8 Å². The molecular formula is C20H22N2O4S. The lowest BCUT2D eigenvalue weighted by atomic mass is 10.2. The summed E-state index contributed by atoms with van der Waals surface area (Å²) in [6, 6.07) is 7.03. The molecule has 6 nitrogen and oxygen atoms in total. The standard InChI is InChI=1S/C20H22N2O4S/c1-4-7-19-21-15(12-27-19)10-25-20(23)16-8-5-6-9-18(16)24-11-17-13(2)22-26-14(17)3/h5-6,8-9,12H,4,7,10-11H2,1-3H3. The van der Waals surface area contributed by atoms with Gasteiger partial charge in [-0.05, 0) is 38.8 Å². The molecule has 0 bridgehead atoms. The van der Waals surface area contributed by atoms with Gasteiger partial charge in [0.15, 0.2) is 0 Å². The molecule has 0 aliphatic carbocycles. The van der Waals surface area contributed by atoms with Crippen LogP contribution in [0.15, 0.2) is 34.2 Å². The third-order valence-electron chi connectivity index (χ3n) is 4.07. The first kappa shape index (κ1) is 19.1. The quantitative estimate of drug-likeness (QED) is 0.525. The summed E-state index contributed by atoms with van der Waals surface area (Å²) in [4.78, 5) is 17.0. The molecule has 3 rings (SSSR count). The van der Waals surface area contributed by atoms with Crippen molar-refractivity contribution < 1.29 is 18.8 Å². The van der Waals surface area contributed by atoms with E-state index >= 15 is 0 Å². The Labute approximate surface area is 162 Å². The van der Waals surface area contributed by atoms with Crippen molar-refractivity contribution in [2.45, 2.75) is 46.8 Å². The maximum absolute atomic E-state index is 12.5. The van der Waals surface area contributed by atoms with Gasteiger partial charge in [0.2, 0.25) is 0 Å². The van der Waals surface area contributed by atoms with Gasteiger partial charge in [-0.3, -0.25) is 0 Å². The van der Waals surface area contributed by atoms with E-state index in [9.17, 15) is 4.79 Å². The van der Waals surface area contributed by atoms with Gasteiger partial charge < -0.3 is 14.0 Å². The van der Waals surface area contributed by atoms with Crippen molar-refractivity contribution in [1.29, 1.82) is 0 Å². The molecule has 142 valence electrons. The van der Waals surface area contributed by atoms with E-state index in [2.05, 4.69) is 17.1 Å². The van der Waals surface area contributed by atoms with Crippen LogP contribution in [-0.2, 0) is 24.4 Å². The molecule has 3 aromatic rings. The van der Waals surface area contributed by atoms with E-state index in [0.29, 0.717) is 17.1 Å². The van der Waals surface area contributed by atoms with E-state index in [1.54, 1.807) is 29.5 Å². The van der Waals surface area contributed by atoms with Crippen molar-refractivity contribution in [2.75, 3.05) is 0 Å². The van der Waals surface area contributed by atoms with Gasteiger partial charge in [-0.15, -0.1) is 11.3 Å². The zero-order chi connectivity index (χ0) is 19.2. The fourth-order valence-electron chi connectivity index (χ4n) is 2.58. The number of rotatable bonds is 8.